The quantitative estimate of drug-likeness (QED) is 0.0520. The van der Waals surface area contributed by atoms with Crippen LogP contribution in [0.1, 0.15) is 27.8 Å². The molecule has 0 fully saturated rings. The van der Waals surface area contributed by atoms with Crippen molar-refractivity contribution in [3.8, 4) is 44.3 Å². The number of anilines is 4. The molecule has 16 rings (SSSR count). The molecule has 13 aromatic heterocycles. The predicted molar refractivity (Wildman–Crippen MR) is 405 cm³/mol. The molecule has 99 heavy (non-hydrogen) atoms. The molecule has 0 amide bonds. The molecular weight excluding hydrogens is 1570 g/mol. The van der Waals surface area contributed by atoms with Crippen molar-refractivity contribution in [1.29, 1.82) is 0 Å². The van der Waals surface area contributed by atoms with Crippen molar-refractivity contribution in [3.63, 3.8) is 0 Å². The summed E-state index contributed by atoms with van der Waals surface area (Å²) in [6.07, 6.45) is 20.8. The third-order valence-corrected chi connectivity index (χ3v) is 19.1. The molecule has 0 aliphatic carbocycles. The highest BCUT2D eigenvalue weighted by atomic mass is 79.9. The Bertz CT molecular complexity index is 5420. The minimum absolute atomic E-state index is 0.472. The highest BCUT2D eigenvalue weighted by molar-refractivity contribution is 9.11. The minimum atomic E-state index is 0.472. The van der Waals surface area contributed by atoms with Gasteiger partial charge in [0, 0.05) is 116 Å². The van der Waals surface area contributed by atoms with Crippen molar-refractivity contribution < 1.29 is 4.73 Å². The summed E-state index contributed by atoms with van der Waals surface area (Å²) in [7, 11) is 0. The lowest BCUT2D eigenvalue weighted by molar-refractivity contribution is -0.605. The minimum Gasteiger partial charge on any atom is -0.619 e. The number of hydrogen-bond donors (Lipinski definition) is 4. The lowest BCUT2D eigenvalue weighted by Crippen LogP contribution is -2.25. The second-order valence-electron chi connectivity index (χ2n) is 21.8. The molecule has 0 aliphatic rings. The highest BCUT2D eigenvalue weighted by Gasteiger charge is 2.18. The number of aromatic nitrogens is 16. The van der Waals surface area contributed by atoms with E-state index in [0.29, 0.717) is 47.6 Å². The van der Waals surface area contributed by atoms with Crippen molar-refractivity contribution in [2.75, 3.05) is 21.3 Å². The van der Waals surface area contributed by atoms with Gasteiger partial charge in [-0.05, 0) is 135 Å². The Labute approximate surface area is 614 Å². The van der Waals surface area contributed by atoms with Crippen LogP contribution in [0.25, 0.3) is 66.9 Å². The molecule has 13 heterocycles. The van der Waals surface area contributed by atoms with Crippen molar-refractivity contribution in [3.05, 3.63) is 298 Å². The topological polar surface area (TPSA) is 234 Å². The van der Waals surface area contributed by atoms with Gasteiger partial charge >= 0.3 is 0 Å². The zero-order valence-electron chi connectivity index (χ0n) is 52.1. The first-order valence-electron chi connectivity index (χ1n) is 30.4. The van der Waals surface area contributed by atoms with Gasteiger partial charge in [0.1, 0.15) is 23.3 Å². The Kier molecular flexibility index (Phi) is 21.6. The van der Waals surface area contributed by atoms with E-state index in [2.05, 4.69) is 156 Å². The Balaban J connectivity index is 0.000000119. The van der Waals surface area contributed by atoms with Crippen molar-refractivity contribution in [2.24, 2.45) is 0 Å². The smallest absolute Gasteiger partial charge is 0.185 e. The molecule has 0 bridgehead atoms. The van der Waals surface area contributed by atoms with E-state index in [1.165, 1.54) is 11.8 Å². The summed E-state index contributed by atoms with van der Waals surface area (Å²) < 4.78 is 11.2. The van der Waals surface area contributed by atoms with Gasteiger partial charge in [-0.2, -0.15) is 43.2 Å². The molecule has 16 aromatic rings. The van der Waals surface area contributed by atoms with Gasteiger partial charge in [-0.1, -0.05) is 114 Å². The maximum Gasteiger partial charge on any atom is 0.185 e. The van der Waals surface area contributed by atoms with E-state index in [1.807, 2.05) is 150 Å². The lowest BCUT2D eigenvalue weighted by atomic mass is 10.1. The summed E-state index contributed by atoms with van der Waals surface area (Å²) in [5, 5.41) is 45.6. The average Bonchev–Trinajstić information content (AvgIpc) is 1.73. The Morgan fingerprint density at radius 1 is 0.434 bits per heavy atom. The van der Waals surface area contributed by atoms with Crippen LogP contribution in [0.3, 0.4) is 0 Å². The summed E-state index contributed by atoms with van der Waals surface area (Å²) in [5.74, 6) is 3.37. The van der Waals surface area contributed by atoms with E-state index in [-0.39, 0.29) is 0 Å². The number of pyridine rings is 4. The molecule has 492 valence electrons. The lowest BCUT2D eigenvalue weighted by Gasteiger charge is -2.12. The van der Waals surface area contributed by atoms with Crippen LogP contribution in [0.15, 0.2) is 255 Å². The third kappa shape index (κ3) is 16.2. The van der Waals surface area contributed by atoms with Crippen LogP contribution in [0.4, 0.5) is 23.3 Å². The average molecular weight is 1630 g/mol. The van der Waals surface area contributed by atoms with Gasteiger partial charge in [0.2, 0.25) is 0 Å². The zero-order chi connectivity index (χ0) is 68.2. The van der Waals surface area contributed by atoms with Gasteiger partial charge in [0.05, 0.1) is 80.4 Å². The van der Waals surface area contributed by atoms with Crippen LogP contribution in [-0.2, 0) is 26.2 Å². The summed E-state index contributed by atoms with van der Waals surface area (Å²) in [4.78, 5) is 32.4. The number of nitrogens with zero attached hydrogens (tertiary/aromatic N) is 16. The molecule has 21 nitrogen and oxygen atoms in total. The monoisotopic (exact) mass is 1620 g/mol. The van der Waals surface area contributed by atoms with Crippen LogP contribution < -0.4 is 26.0 Å². The van der Waals surface area contributed by atoms with E-state index >= 15 is 0 Å². The summed E-state index contributed by atoms with van der Waals surface area (Å²) in [6.45, 7) is 4.54. The van der Waals surface area contributed by atoms with E-state index < -0.39 is 0 Å². The Hall–Kier alpha value is -10.1. The number of nitrogens with one attached hydrogen (secondary N) is 4. The number of aryl methyl sites for hydroxylation is 1. The van der Waals surface area contributed by atoms with Gasteiger partial charge in [-0.25, -0.2) is 19.9 Å². The second kappa shape index (κ2) is 31.6. The van der Waals surface area contributed by atoms with Crippen molar-refractivity contribution >= 4 is 144 Å². The summed E-state index contributed by atoms with van der Waals surface area (Å²) in [5.41, 5.74) is 14.7. The molecule has 0 spiro atoms. The fourth-order valence-electron chi connectivity index (χ4n) is 10.3. The van der Waals surface area contributed by atoms with Gasteiger partial charge in [-0.15, -0.1) is 11.3 Å². The number of thiophene rings is 1. The van der Waals surface area contributed by atoms with Gasteiger partial charge in [0.15, 0.2) is 35.0 Å². The van der Waals surface area contributed by atoms with Crippen molar-refractivity contribution in [1.82, 2.24) is 73.3 Å². The molecule has 0 aliphatic heterocycles. The van der Waals surface area contributed by atoms with E-state index in [9.17, 15) is 5.21 Å². The number of benzene rings is 3. The fraction of sp³-hybridized carbons (Fsp3) is 0.0704. The standard InChI is InChI=1S/C19H16BrN5.C18H12BrCl2N5.C18H14BrN5O.C16H12BrN5S/c1-13-5-2-3-7-15(13)17-9-18(22-11-14-6-4-8-21-10-14)25-19(24-17)16(20)12-23-25;19-13-10-24-26-16(23-9-11-3-2-6-22-8-11)7-15(25-18(13)26)12-4-1-5-14(20)17(12)21;19-15-11-21-24-17(20-10-13-5-4-8-23(25)12-13)9-16(22-18(15)24)14-6-2-1-3-7-14;17-12-10-20-22-15(19-9-11-3-1-5-18-8-11)7-13(21-16(12)22)14-4-2-6-23-14/h2-10,12,22H,11H2,1H3;1-8,10,23H,9H2;1-9,11-12,20H,10H2;1-8,10,19H,9H2. The molecule has 0 radical (unpaired) electrons. The Morgan fingerprint density at radius 2 is 0.859 bits per heavy atom. The fourth-order valence-corrected chi connectivity index (χ4v) is 12.8. The number of halogens is 6. The molecule has 0 saturated carbocycles. The maximum atomic E-state index is 11.4. The maximum absolute atomic E-state index is 11.4. The number of rotatable bonds is 16. The predicted octanol–water partition coefficient (Wildman–Crippen LogP) is 17.6. The largest absolute Gasteiger partial charge is 0.619 e. The van der Waals surface area contributed by atoms with Crippen LogP contribution in [-0.4, -0.2) is 73.3 Å². The first-order chi connectivity index (χ1) is 48.4. The molecule has 3 aromatic carbocycles. The van der Waals surface area contributed by atoms with Gasteiger partial charge in [-0.3, -0.25) is 15.0 Å². The first-order valence-corrected chi connectivity index (χ1v) is 35.2. The van der Waals surface area contributed by atoms with Crippen molar-refractivity contribution in [2.45, 2.75) is 33.1 Å². The molecule has 0 unspecified atom stereocenters. The molecule has 28 heteroatoms. The third-order valence-electron chi connectivity index (χ3n) is 15.1. The van der Waals surface area contributed by atoms with Crippen LogP contribution in [0, 0.1) is 12.1 Å². The zero-order valence-corrected chi connectivity index (χ0v) is 60.8. The highest BCUT2D eigenvalue weighted by Crippen LogP contribution is 2.36. The summed E-state index contributed by atoms with van der Waals surface area (Å²) >= 11 is 28.3. The van der Waals surface area contributed by atoms with Gasteiger partial charge < -0.3 is 26.5 Å². The molecular formula is C71H54Br4Cl2N20OS. The van der Waals surface area contributed by atoms with E-state index in [0.717, 1.165) is 124 Å². The molecule has 0 atom stereocenters. The van der Waals surface area contributed by atoms with Crippen LogP contribution in [0.5, 0.6) is 0 Å². The van der Waals surface area contributed by atoms with Crippen LogP contribution in [0.2, 0.25) is 10.0 Å². The summed E-state index contributed by atoms with van der Waals surface area (Å²) in [6, 6.07) is 51.2. The van der Waals surface area contributed by atoms with Gasteiger partial charge in [0.25, 0.3) is 0 Å². The molecule has 0 saturated heterocycles. The number of hydrogen-bond acceptors (Lipinski definition) is 17. The number of fused-ring (bicyclic) bond motifs is 4. The van der Waals surface area contributed by atoms with Crippen LogP contribution >= 0.6 is 98.3 Å². The van der Waals surface area contributed by atoms with E-state index in [1.54, 1.807) is 86.6 Å². The first kappa shape index (κ1) is 67.5. The van der Waals surface area contributed by atoms with E-state index in [4.69, 9.17) is 38.2 Å². The Morgan fingerprint density at radius 3 is 1.32 bits per heavy atom. The molecule has 4 N–H and O–H groups in total. The second-order valence-corrected chi connectivity index (χ2v) is 27.0. The SMILES string of the molecule is Brc1cnn2c(NCc3cccnc3)cc(-c3cccs3)nc12.Cc1ccccc1-c1cc(NCc2cccnc2)n2ncc(Br)c2n1.Clc1cccc(-c2cc(NCc3cccnc3)n3ncc(Br)c3n2)c1Cl.[O-][n+]1cccc(CNc2cc(-c3ccccc3)nc3c(Br)cnn23)c1. The normalized spacial score (nSPS) is 11.0.